The highest BCUT2D eigenvalue weighted by Crippen LogP contribution is 2.13. The highest BCUT2D eigenvalue weighted by molar-refractivity contribution is 5.87. The standard InChI is InChI=1S/C12H14N2O3/c15-11-3-1-2-6-14(11)8-10-7-9(12(16)17)4-5-13-10/h4-5,7H,1-3,6,8H2,(H,16,17). The Morgan fingerprint density at radius 3 is 3.00 bits per heavy atom. The topological polar surface area (TPSA) is 70.5 Å². The molecule has 0 spiro atoms. The predicted molar refractivity (Wildman–Crippen MR) is 60.5 cm³/mol. The second-order valence-electron chi connectivity index (χ2n) is 4.11. The van der Waals surface area contributed by atoms with Gasteiger partial charge in [-0.05, 0) is 25.0 Å². The summed E-state index contributed by atoms with van der Waals surface area (Å²) in [5.74, 6) is -0.850. The molecule has 1 aliphatic rings. The van der Waals surface area contributed by atoms with Crippen molar-refractivity contribution < 1.29 is 14.7 Å². The fourth-order valence-electron chi connectivity index (χ4n) is 1.92. The van der Waals surface area contributed by atoms with E-state index in [-0.39, 0.29) is 11.5 Å². The first-order chi connectivity index (χ1) is 8.16. The van der Waals surface area contributed by atoms with Crippen LogP contribution in [0.5, 0.6) is 0 Å². The number of carbonyl (C=O) groups excluding carboxylic acids is 1. The van der Waals surface area contributed by atoms with Gasteiger partial charge in [0.2, 0.25) is 5.91 Å². The van der Waals surface area contributed by atoms with E-state index in [1.54, 1.807) is 4.90 Å². The summed E-state index contributed by atoms with van der Waals surface area (Å²) in [6.07, 6.45) is 3.99. The maximum absolute atomic E-state index is 11.6. The molecule has 1 fully saturated rings. The number of aromatic nitrogens is 1. The van der Waals surface area contributed by atoms with Crippen molar-refractivity contribution in [1.29, 1.82) is 0 Å². The van der Waals surface area contributed by atoms with Gasteiger partial charge in [0.05, 0.1) is 17.8 Å². The van der Waals surface area contributed by atoms with Gasteiger partial charge in [0.25, 0.3) is 0 Å². The van der Waals surface area contributed by atoms with Gasteiger partial charge < -0.3 is 10.0 Å². The van der Waals surface area contributed by atoms with Crippen LogP contribution in [0.15, 0.2) is 18.3 Å². The van der Waals surface area contributed by atoms with Crippen molar-refractivity contribution in [2.75, 3.05) is 6.54 Å². The van der Waals surface area contributed by atoms with Crippen molar-refractivity contribution in [3.63, 3.8) is 0 Å². The van der Waals surface area contributed by atoms with Crippen LogP contribution in [0.2, 0.25) is 0 Å². The number of piperidine rings is 1. The number of hydrogen-bond acceptors (Lipinski definition) is 3. The number of amides is 1. The van der Waals surface area contributed by atoms with Crippen LogP contribution in [0, 0.1) is 0 Å². The third kappa shape index (κ3) is 2.81. The molecule has 0 unspecified atom stereocenters. The first-order valence-electron chi connectivity index (χ1n) is 5.63. The van der Waals surface area contributed by atoms with E-state index >= 15 is 0 Å². The normalized spacial score (nSPS) is 16.0. The van der Waals surface area contributed by atoms with Gasteiger partial charge in [-0.1, -0.05) is 0 Å². The maximum atomic E-state index is 11.6. The largest absolute Gasteiger partial charge is 0.478 e. The number of carboxylic acid groups (broad SMARTS) is 1. The summed E-state index contributed by atoms with van der Waals surface area (Å²) >= 11 is 0. The molecule has 0 radical (unpaired) electrons. The van der Waals surface area contributed by atoms with Crippen LogP contribution in [0.1, 0.15) is 35.3 Å². The Morgan fingerprint density at radius 2 is 2.29 bits per heavy atom. The lowest BCUT2D eigenvalue weighted by Crippen LogP contribution is -2.34. The Bertz CT molecular complexity index is 445. The van der Waals surface area contributed by atoms with Crippen LogP contribution in [-0.4, -0.2) is 33.4 Å². The molecule has 1 aromatic rings. The van der Waals surface area contributed by atoms with E-state index < -0.39 is 5.97 Å². The smallest absolute Gasteiger partial charge is 0.335 e. The molecule has 1 amide bonds. The lowest BCUT2D eigenvalue weighted by atomic mass is 10.1. The summed E-state index contributed by atoms with van der Waals surface area (Å²) in [6, 6.07) is 2.97. The second kappa shape index (κ2) is 4.95. The van der Waals surface area contributed by atoms with Crippen LogP contribution in [0.4, 0.5) is 0 Å². The minimum atomic E-state index is -0.973. The van der Waals surface area contributed by atoms with E-state index in [1.165, 1.54) is 18.3 Å². The zero-order chi connectivity index (χ0) is 12.3. The number of carboxylic acids is 1. The van der Waals surface area contributed by atoms with Crippen LogP contribution in [-0.2, 0) is 11.3 Å². The summed E-state index contributed by atoms with van der Waals surface area (Å²) < 4.78 is 0. The SMILES string of the molecule is O=C(O)c1ccnc(CN2CCCCC2=O)c1. The zero-order valence-electron chi connectivity index (χ0n) is 9.43. The van der Waals surface area contributed by atoms with E-state index in [2.05, 4.69) is 4.98 Å². The van der Waals surface area contributed by atoms with Gasteiger partial charge in [0.15, 0.2) is 0 Å². The molecule has 0 bridgehead atoms. The van der Waals surface area contributed by atoms with Gasteiger partial charge in [-0.15, -0.1) is 0 Å². The summed E-state index contributed by atoms with van der Waals surface area (Å²) in [6.45, 7) is 1.14. The first-order valence-corrected chi connectivity index (χ1v) is 5.63. The number of pyridine rings is 1. The molecule has 5 heteroatoms. The highest BCUT2D eigenvalue weighted by atomic mass is 16.4. The van der Waals surface area contributed by atoms with Crippen LogP contribution >= 0.6 is 0 Å². The van der Waals surface area contributed by atoms with Crippen LogP contribution in [0.25, 0.3) is 0 Å². The molecule has 17 heavy (non-hydrogen) atoms. The molecule has 1 saturated heterocycles. The average molecular weight is 234 g/mol. The number of aromatic carboxylic acids is 1. The Kier molecular flexibility index (Phi) is 3.37. The van der Waals surface area contributed by atoms with E-state index in [1.807, 2.05) is 0 Å². The van der Waals surface area contributed by atoms with Crippen LogP contribution in [0.3, 0.4) is 0 Å². The van der Waals surface area contributed by atoms with Gasteiger partial charge in [-0.3, -0.25) is 9.78 Å². The first kappa shape index (κ1) is 11.6. The van der Waals surface area contributed by atoms with Crippen molar-refractivity contribution in [3.05, 3.63) is 29.6 Å². The maximum Gasteiger partial charge on any atom is 0.335 e. The number of likely N-dealkylation sites (tertiary alicyclic amines) is 1. The molecule has 1 N–H and O–H groups in total. The third-order valence-corrected chi connectivity index (χ3v) is 2.84. The van der Waals surface area contributed by atoms with E-state index in [0.29, 0.717) is 18.7 Å². The third-order valence-electron chi connectivity index (χ3n) is 2.84. The number of rotatable bonds is 3. The fraction of sp³-hybridized carbons (Fsp3) is 0.417. The summed E-state index contributed by atoms with van der Waals surface area (Å²) in [7, 11) is 0. The minimum Gasteiger partial charge on any atom is -0.478 e. The van der Waals surface area contributed by atoms with Crippen LogP contribution < -0.4 is 0 Å². The molecular weight excluding hydrogens is 220 g/mol. The van der Waals surface area contributed by atoms with Gasteiger partial charge in [0.1, 0.15) is 0 Å². The molecule has 5 nitrogen and oxygen atoms in total. The summed E-state index contributed by atoms with van der Waals surface area (Å²) in [4.78, 5) is 28.2. The molecule has 2 rings (SSSR count). The second-order valence-corrected chi connectivity index (χ2v) is 4.11. The fourth-order valence-corrected chi connectivity index (χ4v) is 1.92. The zero-order valence-corrected chi connectivity index (χ0v) is 9.43. The van der Waals surface area contributed by atoms with E-state index in [4.69, 9.17) is 5.11 Å². The molecule has 1 aliphatic heterocycles. The average Bonchev–Trinajstić information content (AvgIpc) is 2.32. The molecule has 2 heterocycles. The van der Waals surface area contributed by atoms with Crippen molar-refractivity contribution in [2.45, 2.75) is 25.8 Å². The van der Waals surface area contributed by atoms with E-state index in [9.17, 15) is 9.59 Å². The molecule has 0 aliphatic carbocycles. The van der Waals surface area contributed by atoms with Crippen molar-refractivity contribution in [2.24, 2.45) is 0 Å². The van der Waals surface area contributed by atoms with Crippen molar-refractivity contribution in [3.8, 4) is 0 Å². The monoisotopic (exact) mass is 234 g/mol. The molecule has 0 aromatic carbocycles. The predicted octanol–water partition coefficient (Wildman–Crippen LogP) is 1.29. The van der Waals surface area contributed by atoms with Crippen molar-refractivity contribution in [1.82, 2.24) is 9.88 Å². The molecule has 1 aromatic heterocycles. The van der Waals surface area contributed by atoms with E-state index in [0.717, 1.165) is 19.4 Å². The quantitative estimate of drug-likeness (QED) is 0.855. The lowest BCUT2D eigenvalue weighted by molar-refractivity contribution is -0.133. The van der Waals surface area contributed by atoms with Crippen molar-refractivity contribution >= 4 is 11.9 Å². The Labute approximate surface area is 99.1 Å². The highest BCUT2D eigenvalue weighted by Gasteiger charge is 2.18. The van der Waals surface area contributed by atoms with Gasteiger partial charge in [-0.25, -0.2) is 4.79 Å². The van der Waals surface area contributed by atoms with Gasteiger partial charge in [-0.2, -0.15) is 0 Å². The lowest BCUT2D eigenvalue weighted by Gasteiger charge is -2.26. The molecular formula is C12H14N2O3. The van der Waals surface area contributed by atoms with Gasteiger partial charge >= 0.3 is 5.97 Å². The Morgan fingerprint density at radius 1 is 1.47 bits per heavy atom. The summed E-state index contributed by atoms with van der Waals surface area (Å²) in [5.41, 5.74) is 0.833. The molecule has 0 saturated carbocycles. The number of hydrogen-bond donors (Lipinski definition) is 1. The Hall–Kier alpha value is -1.91. The van der Waals surface area contributed by atoms with Gasteiger partial charge in [0, 0.05) is 19.2 Å². The molecule has 90 valence electrons. The Balaban J connectivity index is 2.09. The summed E-state index contributed by atoms with van der Waals surface area (Å²) in [5, 5.41) is 8.86. The number of nitrogens with zero attached hydrogens (tertiary/aromatic N) is 2. The minimum absolute atomic E-state index is 0.124. The molecule has 0 atom stereocenters. The number of carbonyl (C=O) groups is 2.